The average Bonchev–Trinajstić information content (AvgIpc) is 3.60. The van der Waals surface area contributed by atoms with E-state index in [1.54, 1.807) is 23.0 Å². The summed E-state index contributed by atoms with van der Waals surface area (Å²) < 4.78 is 1.59. The maximum Gasteiger partial charge on any atom is 0.259 e. The van der Waals surface area contributed by atoms with Crippen LogP contribution in [0.4, 0.5) is 17.5 Å². The summed E-state index contributed by atoms with van der Waals surface area (Å²) in [5.74, 6) is 2.74. The maximum atomic E-state index is 12.5. The highest BCUT2D eigenvalue weighted by Crippen LogP contribution is 2.36. The first kappa shape index (κ1) is 18.8. The van der Waals surface area contributed by atoms with E-state index in [9.17, 15) is 4.79 Å². The Balaban J connectivity index is 1.35. The molecule has 0 atom stereocenters. The number of aromatic nitrogens is 4. The molecule has 156 valence electrons. The molecule has 0 bridgehead atoms. The number of hydrogen-bond donors (Lipinski definition) is 0. The van der Waals surface area contributed by atoms with Gasteiger partial charge in [0.1, 0.15) is 29.4 Å². The van der Waals surface area contributed by atoms with Gasteiger partial charge in [0.2, 0.25) is 0 Å². The summed E-state index contributed by atoms with van der Waals surface area (Å²) in [5.41, 5.74) is 0.661. The maximum absolute atomic E-state index is 12.5. The minimum atomic E-state index is -0.0328. The predicted octanol–water partition coefficient (Wildman–Crippen LogP) is 2.19. The van der Waals surface area contributed by atoms with Crippen molar-refractivity contribution in [3.63, 3.8) is 0 Å². The Bertz CT molecular complexity index is 1100. The largest absolute Gasteiger partial charge is 0.363 e. The van der Waals surface area contributed by atoms with Gasteiger partial charge in [0.25, 0.3) is 5.56 Å². The molecule has 0 N–H and O–H groups in total. The molecule has 3 aromatic rings. The molecule has 1 aliphatic heterocycles. The monoisotopic (exact) mass is 405 g/mol. The number of hydrogen-bond acceptors (Lipinski definition) is 7. The van der Waals surface area contributed by atoms with Crippen molar-refractivity contribution in [2.24, 2.45) is 0 Å². The lowest BCUT2D eigenvalue weighted by Crippen LogP contribution is -2.47. The van der Waals surface area contributed by atoms with Crippen molar-refractivity contribution in [1.82, 2.24) is 19.4 Å². The number of piperidine rings is 1. The molecule has 0 amide bonds. The van der Waals surface area contributed by atoms with Crippen LogP contribution < -0.4 is 20.3 Å². The quantitative estimate of drug-likeness (QED) is 0.644. The molecule has 1 saturated carbocycles. The van der Waals surface area contributed by atoms with Crippen LogP contribution in [0.5, 0.6) is 0 Å². The van der Waals surface area contributed by atoms with Crippen LogP contribution in [-0.2, 0) is 0 Å². The molecule has 8 heteroatoms. The van der Waals surface area contributed by atoms with Gasteiger partial charge in [-0.15, -0.1) is 0 Å². The summed E-state index contributed by atoms with van der Waals surface area (Å²) in [5, 5.41) is 0. The van der Waals surface area contributed by atoms with E-state index >= 15 is 0 Å². The molecular weight excluding hydrogens is 378 g/mol. The standard InChI is InChI=1S/C22H27N7O/c1-26(2)19-13-20(24-15-23-19)29(16-6-7-16)17-8-11-27(12-9-17)21-14-22(30)28-10-4-3-5-18(28)25-21/h3-5,10,13-17H,6-9,11-12H2,1-2H3. The number of fused-ring (bicyclic) bond motifs is 1. The Kier molecular flexibility index (Phi) is 4.77. The van der Waals surface area contributed by atoms with Gasteiger partial charge in [0.15, 0.2) is 0 Å². The summed E-state index contributed by atoms with van der Waals surface area (Å²) >= 11 is 0. The Morgan fingerprint density at radius 2 is 1.70 bits per heavy atom. The molecule has 30 heavy (non-hydrogen) atoms. The minimum Gasteiger partial charge on any atom is -0.363 e. The Morgan fingerprint density at radius 1 is 0.967 bits per heavy atom. The normalized spacial score (nSPS) is 17.3. The van der Waals surface area contributed by atoms with E-state index in [0.29, 0.717) is 17.7 Å². The van der Waals surface area contributed by atoms with E-state index in [2.05, 4.69) is 25.8 Å². The zero-order chi connectivity index (χ0) is 20.7. The van der Waals surface area contributed by atoms with Crippen LogP contribution in [0.15, 0.2) is 47.7 Å². The zero-order valence-corrected chi connectivity index (χ0v) is 17.5. The van der Waals surface area contributed by atoms with Gasteiger partial charge in [0.05, 0.1) is 0 Å². The number of nitrogens with zero attached hydrogens (tertiary/aromatic N) is 7. The molecule has 2 aliphatic rings. The smallest absolute Gasteiger partial charge is 0.259 e. The second-order valence-corrected chi connectivity index (χ2v) is 8.37. The van der Waals surface area contributed by atoms with E-state index in [1.807, 2.05) is 37.2 Å². The van der Waals surface area contributed by atoms with Gasteiger partial charge in [-0.3, -0.25) is 9.20 Å². The van der Waals surface area contributed by atoms with Crippen LogP contribution in [-0.4, -0.2) is 58.6 Å². The molecule has 0 unspecified atom stereocenters. The van der Waals surface area contributed by atoms with E-state index in [1.165, 1.54) is 12.8 Å². The summed E-state index contributed by atoms with van der Waals surface area (Å²) in [4.78, 5) is 32.9. The molecule has 5 rings (SSSR count). The van der Waals surface area contributed by atoms with Crippen LogP contribution in [0.2, 0.25) is 0 Å². The molecular formula is C22H27N7O. The number of pyridine rings is 1. The van der Waals surface area contributed by atoms with Crippen molar-refractivity contribution in [1.29, 1.82) is 0 Å². The van der Waals surface area contributed by atoms with Gasteiger partial charge in [0, 0.05) is 57.6 Å². The van der Waals surface area contributed by atoms with E-state index in [0.717, 1.165) is 43.4 Å². The first-order valence-electron chi connectivity index (χ1n) is 10.6. The predicted molar refractivity (Wildman–Crippen MR) is 119 cm³/mol. The summed E-state index contributed by atoms with van der Waals surface area (Å²) in [6.07, 6.45) is 7.93. The minimum absolute atomic E-state index is 0.0328. The highest BCUT2D eigenvalue weighted by Gasteiger charge is 2.37. The van der Waals surface area contributed by atoms with E-state index in [4.69, 9.17) is 4.98 Å². The van der Waals surface area contributed by atoms with Crippen molar-refractivity contribution in [2.45, 2.75) is 37.8 Å². The second kappa shape index (κ2) is 7.59. The second-order valence-electron chi connectivity index (χ2n) is 8.37. The fourth-order valence-electron chi connectivity index (χ4n) is 4.32. The molecule has 1 aliphatic carbocycles. The van der Waals surface area contributed by atoms with E-state index < -0.39 is 0 Å². The lowest BCUT2D eigenvalue weighted by Gasteiger charge is -2.40. The van der Waals surface area contributed by atoms with Gasteiger partial charge < -0.3 is 14.7 Å². The van der Waals surface area contributed by atoms with Crippen molar-refractivity contribution < 1.29 is 0 Å². The van der Waals surface area contributed by atoms with Crippen LogP contribution in [0.3, 0.4) is 0 Å². The SMILES string of the molecule is CN(C)c1cc(N(C2CC2)C2CCN(c3cc(=O)n4ccccc4n3)CC2)ncn1. The van der Waals surface area contributed by atoms with E-state index in [-0.39, 0.29) is 5.56 Å². The Morgan fingerprint density at radius 3 is 2.43 bits per heavy atom. The molecule has 0 aromatic carbocycles. The number of anilines is 3. The van der Waals surface area contributed by atoms with Crippen molar-refractivity contribution >= 4 is 23.1 Å². The summed E-state index contributed by atoms with van der Waals surface area (Å²) in [7, 11) is 4.01. The van der Waals surface area contributed by atoms with Crippen molar-refractivity contribution in [3.05, 3.63) is 53.2 Å². The average molecular weight is 406 g/mol. The lowest BCUT2D eigenvalue weighted by molar-refractivity contribution is 0.457. The lowest BCUT2D eigenvalue weighted by atomic mass is 10.0. The first-order valence-corrected chi connectivity index (χ1v) is 10.6. The number of rotatable bonds is 5. The zero-order valence-electron chi connectivity index (χ0n) is 17.5. The molecule has 1 saturated heterocycles. The first-order chi connectivity index (χ1) is 14.6. The Labute approximate surface area is 175 Å². The Hall–Kier alpha value is -3.16. The molecule has 0 spiro atoms. The third-order valence-electron chi connectivity index (χ3n) is 6.04. The fraction of sp³-hybridized carbons (Fsp3) is 0.455. The van der Waals surface area contributed by atoms with Gasteiger partial charge in [-0.25, -0.2) is 15.0 Å². The molecule has 3 aromatic heterocycles. The van der Waals surface area contributed by atoms with Crippen LogP contribution >= 0.6 is 0 Å². The highest BCUT2D eigenvalue weighted by molar-refractivity contribution is 5.52. The fourth-order valence-corrected chi connectivity index (χ4v) is 4.32. The van der Waals surface area contributed by atoms with Crippen molar-refractivity contribution in [3.8, 4) is 0 Å². The molecule has 8 nitrogen and oxygen atoms in total. The topological polar surface area (TPSA) is 69.9 Å². The van der Waals surface area contributed by atoms with Crippen LogP contribution in [0.25, 0.3) is 5.65 Å². The third kappa shape index (κ3) is 3.58. The van der Waals surface area contributed by atoms with Gasteiger partial charge >= 0.3 is 0 Å². The third-order valence-corrected chi connectivity index (χ3v) is 6.04. The molecule has 2 fully saturated rings. The van der Waals surface area contributed by atoms with Gasteiger partial charge in [-0.1, -0.05) is 6.07 Å². The summed E-state index contributed by atoms with van der Waals surface area (Å²) in [6.45, 7) is 1.77. The van der Waals surface area contributed by atoms with Gasteiger partial charge in [-0.05, 0) is 37.8 Å². The van der Waals surface area contributed by atoms with Gasteiger partial charge in [-0.2, -0.15) is 0 Å². The molecule has 0 radical (unpaired) electrons. The summed E-state index contributed by atoms with van der Waals surface area (Å²) in [6, 6.07) is 10.4. The van der Waals surface area contributed by atoms with Crippen LogP contribution in [0, 0.1) is 0 Å². The molecule has 4 heterocycles. The van der Waals surface area contributed by atoms with Crippen molar-refractivity contribution in [2.75, 3.05) is 41.9 Å². The highest BCUT2D eigenvalue weighted by atomic mass is 16.1. The van der Waals surface area contributed by atoms with Crippen LogP contribution in [0.1, 0.15) is 25.7 Å².